The van der Waals surface area contributed by atoms with Crippen LogP contribution in [0.2, 0.25) is 0 Å². The molecular weight excluding hydrogens is 304 g/mol. The van der Waals surface area contributed by atoms with E-state index in [0.29, 0.717) is 11.5 Å². The molecule has 1 amide bonds. The number of rotatable bonds is 3. The van der Waals surface area contributed by atoms with Gasteiger partial charge in [0.1, 0.15) is 11.4 Å². The predicted molar refractivity (Wildman–Crippen MR) is 89.3 cm³/mol. The average Bonchev–Trinajstić information content (AvgIpc) is 3.23. The SMILES string of the molecule is Nc1nc(C(=O)NC2Cc3ccccc3C2)cc(-c2ccco2)n1. The first kappa shape index (κ1) is 14.4. The third-order valence-electron chi connectivity index (χ3n) is 4.14. The van der Waals surface area contributed by atoms with Crippen LogP contribution < -0.4 is 11.1 Å². The molecule has 1 aliphatic rings. The number of fused-ring (bicyclic) bond motifs is 1. The number of furan rings is 1. The molecule has 0 aliphatic heterocycles. The molecule has 6 nitrogen and oxygen atoms in total. The van der Waals surface area contributed by atoms with Crippen LogP contribution in [0.5, 0.6) is 0 Å². The molecule has 120 valence electrons. The summed E-state index contributed by atoms with van der Waals surface area (Å²) in [6, 6.07) is 13.4. The zero-order chi connectivity index (χ0) is 16.5. The van der Waals surface area contributed by atoms with Crippen LogP contribution in [0.25, 0.3) is 11.5 Å². The second kappa shape index (κ2) is 5.81. The highest BCUT2D eigenvalue weighted by molar-refractivity contribution is 5.93. The molecule has 24 heavy (non-hydrogen) atoms. The molecule has 3 aromatic rings. The number of hydrogen-bond acceptors (Lipinski definition) is 5. The maximum Gasteiger partial charge on any atom is 0.270 e. The van der Waals surface area contributed by atoms with Gasteiger partial charge >= 0.3 is 0 Å². The number of amides is 1. The first-order chi connectivity index (χ1) is 11.7. The van der Waals surface area contributed by atoms with E-state index in [1.165, 1.54) is 11.1 Å². The average molecular weight is 320 g/mol. The zero-order valence-electron chi connectivity index (χ0n) is 12.9. The van der Waals surface area contributed by atoms with E-state index in [1.54, 1.807) is 24.5 Å². The highest BCUT2D eigenvalue weighted by atomic mass is 16.3. The normalized spacial score (nSPS) is 13.7. The largest absolute Gasteiger partial charge is 0.463 e. The minimum absolute atomic E-state index is 0.0451. The molecule has 6 heteroatoms. The fourth-order valence-corrected chi connectivity index (χ4v) is 3.05. The second-order valence-electron chi connectivity index (χ2n) is 5.82. The van der Waals surface area contributed by atoms with Crippen molar-refractivity contribution in [1.82, 2.24) is 15.3 Å². The van der Waals surface area contributed by atoms with E-state index in [1.807, 2.05) is 12.1 Å². The van der Waals surface area contributed by atoms with Crippen molar-refractivity contribution in [3.63, 3.8) is 0 Å². The molecule has 0 saturated heterocycles. The molecule has 0 spiro atoms. The Balaban J connectivity index is 1.53. The van der Waals surface area contributed by atoms with Gasteiger partial charge in [0.15, 0.2) is 5.76 Å². The first-order valence-corrected chi connectivity index (χ1v) is 7.75. The lowest BCUT2D eigenvalue weighted by Crippen LogP contribution is -2.36. The minimum atomic E-state index is -0.255. The fourth-order valence-electron chi connectivity index (χ4n) is 3.05. The Labute approximate surface area is 138 Å². The molecule has 1 aliphatic carbocycles. The molecule has 3 N–H and O–H groups in total. The Hall–Kier alpha value is -3.15. The van der Waals surface area contributed by atoms with Crippen LogP contribution in [-0.2, 0) is 12.8 Å². The van der Waals surface area contributed by atoms with Crippen molar-refractivity contribution in [2.24, 2.45) is 0 Å². The zero-order valence-corrected chi connectivity index (χ0v) is 12.9. The van der Waals surface area contributed by atoms with Crippen LogP contribution in [0.4, 0.5) is 5.95 Å². The molecule has 4 rings (SSSR count). The number of nitrogen functional groups attached to an aromatic ring is 1. The summed E-state index contributed by atoms with van der Waals surface area (Å²) in [5.74, 6) is 0.338. The molecular formula is C18H16N4O2. The van der Waals surface area contributed by atoms with Crippen molar-refractivity contribution in [3.8, 4) is 11.5 Å². The lowest BCUT2D eigenvalue weighted by molar-refractivity contribution is 0.0933. The number of hydrogen-bond donors (Lipinski definition) is 2. The van der Waals surface area contributed by atoms with Crippen LogP contribution in [0.15, 0.2) is 53.1 Å². The third-order valence-corrected chi connectivity index (χ3v) is 4.14. The molecule has 1 aromatic carbocycles. The van der Waals surface area contributed by atoms with Crippen LogP contribution in [0.1, 0.15) is 21.6 Å². The summed E-state index contributed by atoms with van der Waals surface area (Å²) < 4.78 is 5.31. The van der Waals surface area contributed by atoms with E-state index >= 15 is 0 Å². The number of nitrogens with one attached hydrogen (secondary N) is 1. The minimum Gasteiger partial charge on any atom is -0.463 e. The van der Waals surface area contributed by atoms with Crippen molar-refractivity contribution in [3.05, 3.63) is 65.5 Å². The van der Waals surface area contributed by atoms with E-state index in [2.05, 4.69) is 27.4 Å². The number of anilines is 1. The topological polar surface area (TPSA) is 94.0 Å². The molecule has 0 fully saturated rings. The summed E-state index contributed by atoms with van der Waals surface area (Å²) in [6.07, 6.45) is 3.20. The first-order valence-electron chi connectivity index (χ1n) is 7.75. The van der Waals surface area contributed by atoms with Crippen molar-refractivity contribution in [2.75, 3.05) is 5.73 Å². The van der Waals surface area contributed by atoms with E-state index in [-0.39, 0.29) is 23.6 Å². The van der Waals surface area contributed by atoms with Gasteiger partial charge in [-0.3, -0.25) is 4.79 Å². The van der Waals surface area contributed by atoms with Gasteiger partial charge in [-0.15, -0.1) is 0 Å². The van der Waals surface area contributed by atoms with E-state index < -0.39 is 0 Å². The van der Waals surface area contributed by atoms with Gasteiger partial charge in [-0.1, -0.05) is 24.3 Å². The molecule has 0 unspecified atom stereocenters. The number of carbonyl (C=O) groups is 1. The van der Waals surface area contributed by atoms with Crippen molar-refractivity contribution in [1.29, 1.82) is 0 Å². The number of nitrogens with zero attached hydrogens (tertiary/aromatic N) is 2. The predicted octanol–water partition coefficient (Wildman–Crippen LogP) is 2.22. The maximum atomic E-state index is 12.5. The van der Waals surface area contributed by atoms with Gasteiger partial charge in [-0.2, -0.15) is 0 Å². The Morgan fingerprint density at radius 3 is 2.54 bits per heavy atom. The second-order valence-corrected chi connectivity index (χ2v) is 5.82. The molecule has 0 atom stereocenters. The lowest BCUT2D eigenvalue weighted by Gasteiger charge is -2.12. The van der Waals surface area contributed by atoms with Gasteiger partial charge in [0, 0.05) is 6.04 Å². The van der Waals surface area contributed by atoms with Gasteiger partial charge in [0.25, 0.3) is 5.91 Å². The standard InChI is InChI=1S/C18H16N4O2/c19-18-21-14(16-6-3-7-24-16)10-15(22-18)17(23)20-13-8-11-4-1-2-5-12(11)9-13/h1-7,10,13H,8-9H2,(H,20,23)(H2,19,21,22). The van der Waals surface area contributed by atoms with Gasteiger partial charge in [-0.05, 0) is 42.2 Å². The summed E-state index contributed by atoms with van der Waals surface area (Å²) in [5.41, 5.74) is 9.03. The Kier molecular flexibility index (Phi) is 3.49. The Morgan fingerprint density at radius 2 is 1.88 bits per heavy atom. The quantitative estimate of drug-likeness (QED) is 0.771. The van der Waals surface area contributed by atoms with Gasteiger partial charge < -0.3 is 15.5 Å². The molecule has 0 radical (unpaired) electrons. The highest BCUT2D eigenvalue weighted by Crippen LogP contribution is 2.22. The third kappa shape index (κ3) is 2.74. The highest BCUT2D eigenvalue weighted by Gasteiger charge is 2.23. The van der Waals surface area contributed by atoms with E-state index in [0.717, 1.165) is 12.8 Å². The number of benzene rings is 1. The van der Waals surface area contributed by atoms with Crippen LogP contribution >= 0.6 is 0 Å². The van der Waals surface area contributed by atoms with Crippen LogP contribution in [0, 0.1) is 0 Å². The monoisotopic (exact) mass is 320 g/mol. The van der Waals surface area contributed by atoms with E-state index in [9.17, 15) is 4.79 Å². The number of carbonyl (C=O) groups excluding carboxylic acids is 1. The Morgan fingerprint density at radius 1 is 1.12 bits per heavy atom. The molecule has 2 heterocycles. The summed E-state index contributed by atoms with van der Waals surface area (Å²) in [7, 11) is 0. The summed E-state index contributed by atoms with van der Waals surface area (Å²) in [5, 5.41) is 3.03. The van der Waals surface area contributed by atoms with E-state index in [4.69, 9.17) is 10.2 Å². The maximum absolute atomic E-state index is 12.5. The smallest absolute Gasteiger partial charge is 0.270 e. The number of aromatic nitrogens is 2. The fraction of sp³-hybridized carbons (Fsp3) is 0.167. The van der Waals surface area contributed by atoms with Crippen molar-refractivity contribution in [2.45, 2.75) is 18.9 Å². The van der Waals surface area contributed by atoms with Crippen molar-refractivity contribution >= 4 is 11.9 Å². The van der Waals surface area contributed by atoms with Crippen LogP contribution in [0.3, 0.4) is 0 Å². The van der Waals surface area contributed by atoms with Crippen LogP contribution in [-0.4, -0.2) is 21.9 Å². The lowest BCUT2D eigenvalue weighted by atomic mass is 10.1. The number of nitrogens with two attached hydrogens (primary N) is 1. The molecule has 0 bridgehead atoms. The molecule has 2 aromatic heterocycles. The molecule has 0 saturated carbocycles. The van der Waals surface area contributed by atoms with Gasteiger partial charge in [0.2, 0.25) is 5.95 Å². The summed E-state index contributed by atoms with van der Waals surface area (Å²) >= 11 is 0. The van der Waals surface area contributed by atoms with Gasteiger partial charge in [-0.25, -0.2) is 9.97 Å². The van der Waals surface area contributed by atoms with Gasteiger partial charge in [0.05, 0.1) is 6.26 Å². The summed E-state index contributed by atoms with van der Waals surface area (Å²) in [4.78, 5) is 20.7. The van der Waals surface area contributed by atoms with Crippen molar-refractivity contribution < 1.29 is 9.21 Å². The Bertz CT molecular complexity index is 865. The summed E-state index contributed by atoms with van der Waals surface area (Å²) in [6.45, 7) is 0.